The molecule has 162 valence electrons. The maximum absolute atomic E-state index is 12.3. The SMILES string of the molecule is Cn1c(-c2ccc(Cl)cc2)nn(CN2CCN(CC(=O)Nc3ccccc3)CC2)c1=S. The molecule has 0 atom stereocenters. The van der Waals surface area contributed by atoms with E-state index in [0.29, 0.717) is 23.0 Å². The number of hydrogen-bond donors (Lipinski definition) is 1. The normalized spacial score (nSPS) is 15.2. The van der Waals surface area contributed by atoms with Crippen LogP contribution in [0.1, 0.15) is 0 Å². The molecular weight excluding hydrogens is 432 g/mol. The first-order valence-electron chi connectivity index (χ1n) is 10.2. The Labute approximate surface area is 191 Å². The van der Waals surface area contributed by atoms with Crippen LogP contribution in [0.2, 0.25) is 5.02 Å². The fourth-order valence-corrected chi connectivity index (χ4v) is 3.94. The summed E-state index contributed by atoms with van der Waals surface area (Å²) >= 11 is 11.6. The summed E-state index contributed by atoms with van der Waals surface area (Å²) in [5, 5.41) is 8.37. The number of amides is 1. The largest absolute Gasteiger partial charge is 0.325 e. The fraction of sp³-hybridized carbons (Fsp3) is 0.318. The Morgan fingerprint density at radius 3 is 2.35 bits per heavy atom. The van der Waals surface area contributed by atoms with Crippen LogP contribution in [0.25, 0.3) is 11.4 Å². The molecule has 1 aliphatic rings. The second-order valence-corrected chi connectivity index (χ2v) is 8.42. The minimum Gasteiger partial charge on any atom is -0.325 e. The molecule has 1 aromatic heterocycles. The molecule has 1 aliphatic heterocycles. The maximum atomic E-state index is 12.3. The first kappa shape index (κ1) is 21.7. The fourth-order valence-electron chi connectivity index (χ4n) is 3.63. The van der Waals surface area contributed by atoms with Gasteiger partial charge in [0.25, 0.3) is 0 Å². The standard InChI is InChI=1S/C22H25ClN6OS/c1-26-21(17-7-9-18(23)10-8-17)25-29(22(26)31)16-28-13-11-27(12-14-28)15-20(30)24-19-5-3-2-4-6-19/h2-10H,11-16H2,1H3,(H,24,30). The van der Waals surface area contributed by atoms with Crippen LogP contribution in [0.15, 0.2) is 54.6 Å². The van der Waals surface area contributed by atoms with E-state index in [4.69, 9.17) is 28.9 Å². The second-order valence-electron chi connectivity index (χ2n) is 7.62. The van der Waals surface area contributed by atoms with Gasteiger partial charge in [-0.1, -0.05) is 29.8 Å². The molecular formula is C22H25ClN6OS. The molecule has 0 saturated carbocycles. The van der Waals surface area contributed by atoms with E-state index in [9.17, 15) is 4.79 Å². The topological polar surface area (TPSA) is 58.3 Å². The highest BCUT2D eigenvalue weighted by molar-refractivity contribution is 7.71. The number of nitrogens with zero attached hydrogens (tertiary/aromatic N) is 5. The van der Waals surface area contributed by atoms with Gasteiger partial charge in [-0.15, -0.1) is 0 Å². The lowest BCUT2D eigenvalue weighted by atomic mass is 10.2. The second kappa shape index (κ2) is 9.74. The molecule has 31 heavy (non-hydrogen) atoms. The van der Waals surface area contributed by atoms with E-state index in [-0.39, 0.29) is 5.91 Å². The average Bonchev–Trinajstić information content (AvgIpc) is 3.05. The zero-order valence-corrected chi connectivity index (χ0v) is 18.9. The Morgan fingerprint density at radius 2 is 1.68 bits per heavy atom. The number of aromatic nitrogens is 3. The van der Waals surface area contributed by atoms with Crippen molar-refractivity contribution < 1.29 is 4.79 Å². The van der Waals surface area contributed by atoms with Crippen molar-refractivity contribution in [3.8, 4) is 11.4 Å². The number of rotatable bonds is 6. The monoisotopic (exact) mass is 456 g/mol. The number of hydrogen-bond acceptors (Lipinski definition) is 5. The van der Waals surface area contributed by atoms with Crippen molar-refractivity contribution in [3.63, 3.8) is 0 Å². The Kier molecular flexibility index (Phi) is 6.82. The third kappa shape index (κ3) is 5.40. The molecule has 2 heterocycles. The van der Waals surface area contributed by atoms with Gasteiger partial charge in [-0.2, -0.15) is 5.10 Å². The molecule has 0 unspecified atom stereocenters. The zero-order valence-electron chi connectivity index (χ0n) is 17.4. The number of para-hydroxylation sites is 1. The van der Waals surface area contributed by atoms with Crippen LogP contribution in [0.4, 0.5) is 5.69 Å². The molecule has 1 amide bonds. The minimum absolute atomic E-state index is 0.0131. The van der Waals surface area contributed by atoms with E-state index < -0.39 is 0 Å². The molecule has 1 saturated heterocycles. The highest BCUT2D eigenvalue weighted by Crippen LogP contribution is 2.20. The van der Waals surface area contributed by atoms with Gasteiger partial charge in [0.1, 0.15) is 0 Å². The van der Waals surface area contributed by atoms with Gasteiger partial charge in [0.2, 0.25) is 5.91 Å². The summed E-state index contributed by atoms with van der Waals surface area (Å²) in [6.07, 6.45) is 0. The maximum Gasteiger partial charge on any atom is 0.238 e. The van der Waals surface area contributed by atoms with Crippen LogP contribution in [-0.2, 0) is 18.5 Å². The van der Waals surface area contributed by atoms with Crippen LogP contribution in [0, 0.1) is 4.77 Å². The number of nitrogens with one attached hydrogen (secondary N) is 1. The first-order chi connectivity index (χ1) is 15.0. The van der Waals surface area contributed by atoms with Crippen molar-refractivity contribution in [3.05, 3.63) is 64.4 Å². The third-order valence-corrected chi connectivity index (χ3v) is 6.10. The van der Waals surface area contributed by atoms with Gasteiger partial charge in [0.05, 0.1) is 13.2 Å². The Bertz CT molecular complexity index is 1090. The van der Waals surface area contributed by atoms with Gasteiger partial charge in [0.15, 0.2) is 10.6 Å². The molecule has 9 heteroatoms. The van der Waals surface area contributed by atoms with Gasteiger partial charge in [-0.05, 0) is 48.6 Å². The van der Waals surface area contributed by atoms with E-state index in [1.165, 1.54) is 0 Å². The molecule has 2 aromatic carbocycles. The molecule has 4 rings (SSSR count). The summed E-state index contributed by atoms with van der Waals surface area (Å²) in [5.41, 5.74) is 1.80. The van der Waals surface area contributed by atoms with Crippen molar-refractivity contribution in [2.24, 2.45) is 7.05 Å². The van der Waals surface area contributed by atoms with E-state index in [2.05, 4.69) is 15.1 Å². The predicted molar refractivity (Wildman–Crippen MR) is 126 cm³/mol. The highest BCUT2D eigenvalue weighted by Gasteiger charge is 2.20. The number of anilines is 1. The molecule has 1 N–H and O–H groups in total. The van der Waals surface area contributed by atoms with Crippen LogP contribution >= 0.6 is 23.8 Å². The van der Waals surface area contributed by atoms with E-state index in [1.807, 2.05) is 70.9 Å². The number of piperazine rings is 1. The predicted octanol–water partition coefficient (Wildman–Crippen LogP) is 3.49. The Hall–Kier alpha value is -2.52. The van der Waals surface area contributed by atoms with Crippen LogP contribution in [0.3, 0.4) is 0 Å². The van der Waals surface area contributed by atoms with Crippen LogP contribution < -0.4 is 5.32 Å². The van der Waals surface area contributed by atoms with Crippen molar-refractivity contribution in [1.29, 1.82) is 0 Å². The first-order valence-corrected chi connectivity index (χ1v) is 11.0. The number of carbonyl (C=O) groups is 1. The molecule has 1 fully saturated rings. The minimum atomic E-state index is 0.0131. The number of halogens is 1. The van der Waals surface area contributed by atoms with Crippen molar-refractivity contribution in [2.45, 2.75) is 6.67 Å². The van der Waals surface area contributed by atoms with Gasteiger partial charge >= 0.3 is 0 Å². The summed E-state index contributed by atoms with van der Waals surface area (Å²) < 4.78 is 4.45. The van der Waals surface area contributed by atoms with Crippen LogP contribution in [-0.4, -0.2) is 62.8 Å². The van der Waals surface area contributed by atoms with E-state index >= 15 is 0 Å². The van der Waals surface area contributed by atoms with Crippen LogP contribution in [0.5, 0.6) is 0 Å². The third-order valence-electron chi connectivity index (χ3n) is 5.37. The zero-order chi connectivity index (χ0) is 21.8. The summed E-state index contributed by atoms with van der Waals surface area (Å²) in [4.78, 5) is 16.8. The molecule has 0 aliphatic carbocycles. The lowest BCUT2D eigenvalue weighted by Gasteiger charge is -2.33. The molecule has 0 spiro atoms. The Balaban J connectivity index is 1.32. The van der Waals surface area contributed by atoms with Gasteiger partial charge in [-0.25, -0.2) is 4.68 Å². The smallest absolute Gasteiger partial charge is 0.238 e. The lowest BCUT2D eigenvalue weighted by molar-refractivity contribution is -0.117. The molecule has 7 nitrogen and oxygen atoms in total. The van der Waals surface area contributed by atoms with Crippen molar-refractivity contribution in [1.82, 2.24) is 24.1 Å². The van der Waals surface area contributed by atoms with Gasteiger partial charge in [-0.3, -0.25) is 14.6 Å². The number of carbonyl (C=O) groups excluding carboxylic acids is 1. The summed E-state index contributed by atoms with van der Waals surface area (Å²) in [5.74, 6) is 0.831. The summed E-state index contributed by atoms with van der Waals surface area (Å²) in [6.45, 7) is 4.38. The average molecular weight is 457 g/mol. The van der Waals surface area contributed by atoms with E-state index in [0.717, 1.165) is 43.3 Å². The lowest BCUT2D eigenvalue weighted by Crippen LogP contribution is -2.49. The quantitative estimate of drug-likeness (QED) is 0.575. The highest BCUT2D eigenvalue weighted by atomic mass is 35.5. The van der Waals surface area contributed by atoms with Crippen molar-refractivity contribution in [2.75, 3.05) is 38.0 Å². The van der Waals surface area contributed by atoms with Gasteiger partial charge < -0.3 is 9.88 Å². The Morgan fingerprint density at radius 1 is 1.03 bits per heavy atom. The molecule has 0 bridgehead atoms. The summed E-state index contributed by atoms with van der Waals surface area (Å²) in [7, 11) is 1.93. The molecule has 3 aromatic rings. The van der Waals surface area contributed by atoms with Crippen molar-refractivity contribution >= 4 is 35.4 Å². The van der Waals surface area contributed by atoms with Gasteiger partial charge in [0, 0.05) is 49.5 Å². The summed E-state index contributed by atoms with van der Waals surface area (Å²) in [6, 6.07) is 17.1. The van der Waals surface area contributed by atoms with E-state index in [1.54, 1.807) is 0 Å². The number of benzene rings is 2. The molecule has 0 radical (unpaired) electrons.